The highest BCUT2D eigenvalue weighted by molar-refractivity contribution is 6.32. The first kappa shape index (κ1) is 16.4. The molecule has 126 valence electrons. The molecule has 6 heteroatoms. The first-order valence-electron chi connectivity index (χ1n) is 7.66. The standard InChI is InChI=1S/C19H16N2O4/c1-13-16(19(24)21(20-13)15-8-3-2-4-9-15)11-14-7-5-6-10-17(14)25-12-18(22)23/h2-11H,12H2,1H3,(H,22,23). The van der Waals surface area contributed by atoms with Crippen LogP contribution in [-0.2, 0) is 9.59 Å². The summed E-state index contributed by atoms with van der Waals surface area (Å²) in [7, 11) is 0. The number of nitrogens with zero attached hydrogens (tertiary/aromatic N) is 2. The van der Waals surface area contributed by atoms with E-state index in [1.807, 2.05) is 30.3 Å². The molecule has 0 aliphatic carbocycles. The third-order valence-electron chi connectivity index (χ3n) is 3.63. The average Bonchev–Trinajstić information content (AvgIpc) is 2.90. The van der Waals surface area contributed by atoms with E-state index in [9.17, 15) is 9.59 Å². The first-order valence-corrected chi connectivity index (χ1v) is 7.66. The molecular weight excluding hydrogens is 320 g/mol. The molecule has 0 saturated carbocycles. The predicted octanol–water partition coefficient (Wildman–Crippen LogP) is 2.96. The average molecular weight is 336 g/mol. The minimum absolute atomic E-state index is 0.239. The van der Waals surface area contributed by atoms with Gasteiger partial charge in [0.25, 0.3) is 5.91 Å². The number of amides is 1. The molecule has 0 bridgehead atoms. The number of hydrazone groups is 1. The van der Waals surface area contributed by atoms with Gasteiger partial charge < -0.3 is 9.84 Å². The van der Waals surface area contributed by atoms with Gasteiger partial charge in [-0.2, -0.15) is 10.1 Å². The molecule has 1 N–H and O–H groups in total. The number of carbonyl (C=O) groups is 2. The molecule has 0 spiro atoms. The number of para-hydroxylation sites is 2. The summed E-state index contributed by atoms with van der Waals surface area (Å²) in [6.45, 7) is 1.31. The fourth-order valence-electron chi connectivity index (χ4n) is 2.45. The number of carboxylic acids is 1. The van der Waals surface area contributed by atoms with Crippen LogP contribution in [0.1, 0.15) is 12.5 Å². The quantitative estimate of drug-likeness (QED) is 0.852. The van der Waals surface area contributed by atoms with E-state index in [1.54, 1.807) is 37.3 Å². The van der Waals surface area contributed by atoms with Crippen LogP contribution in [0.15, 0.2) is 65.3 Å². The molecule has 0 aromatic heterocycles. The zero-order valence-electron chi connectivity index (χ0n) is 13.5. The zero-order chi connectivity index (χ0) is 17.8. The Morgan fingerprint density at radius 3 is 2.56 bits per heavy atom. The summed E-state index contributed by atoms with van der Waals surface area (Å²) < 4.78 is 5.28. The van der Waals surface area contributed by atoms with Gasteiger partial charge in [-0.15, -0.1) is 0 Å². The molecule has 0 atom stereocenters. The molecule has 1 amide bonds. The number of aliphatic carboxylic acids is 1. The van der Waals surface area contributed by atoms with E-state index in [0.29, 0.717) is 28.3 Å². The van der Waals surface area contributed by atoms with E-state index < -0.39 is 12.6 Å². The first-order chi connectivity index (χ1) is 12.1. The summed E-state index contributed by atoms with van der Waals surface area (Å²) in [5.41, 5.74) is 2.33. The molecule has 0 unspecified atom stereocenters. The lowest BCUT2D eigenvalue weighted by Crippen LogP contribution is -2.21. The lowest BCUT2D eigenvalue weighted by Gasteiger charge is -2.11. The van der Waals surface area contributed by atoms with Crippen molar-refractivity contribution in [2.75, 3.05) is 11.6 Å². The maximum atomic E-state index is 12.7. The van der Waals surface area contributed by atoms with E-state index in [0.717, 1.165) is 0 Å². The molecule has 0 saturated heterocycles. The molecule has 2 aromatic rings. The van der Waals surface area contributed by atoms with E-state index in [4.69, 9.17) is 9.84 Å². The lowest BCUT2D eigenvalue weighted by molar-refractivity contribution is -0.139. The van der Waals surface area contributed by atoms with Gasteiger partial charge in [0.2, 0.25) is 0 Å². The van der Waals surface area contributed by atoms with Gasteiger partial charge in [0, 0.05) is 5.56 Å². The third-order valence-corrected chi connectivity index (χ3v) is 3.63. The number of carboxylic acid groups (broad SMARTS) is 1. The predicted molar refractivity (Wildman–Crippen MR) is 94.6 cm³/mol. The smallest absolute Gasteiger partial charge is 0.341 e. The monoisotopic (exact) mass is 336 g/mol. The molecule has 1 aliphatic heterocycles. The van der Waals surface area contributed by atoms with E-state index in [1.165, 1.54) is 5.01 Å². The van der Waals surface area contributed by atoms with Crippen molar-refractivity contribution in [2.45, 2.75) is 6.92 Å². The van der Waals surface area contributed by atoms with Gasteiger partial charge in [-0.1, -0.05) is 36.4 Å². The lowest BCUT2D eigenvalue weighted by atomic mass is 10.1. The van der Waals surface area contributed by atoms with Crippen LogP contribution in [0.5, 0.6) is 5.75 Å². The van der Waals surface area contributed by atoms with Gasteiger partial charge in [0.05, 0.1) is 17.0 Å². The largest absolute Gasteiger partial charge is 0.481 e. The Morgan fingerprint density at radius 2 is 1.84 bits per heavy atom. The number of benzene rings is 2. The summed E-state index contributed by atoms with van der Waals surface area (Å²) in [5, 5.41) is 14.4. The van der Waals surface area contributed by atoms with Gasteiger partial charge in [0.15, 0.2) is 6.61 Å². The van der Waals surface area contributed by atoms with Crippen LogP contribution in [-0.4, -0.2) is 29.3 Å². The number of hydrogen-bond donors (Lipinski definition) is 1. The molecule has 0 radical (unpaired) electrons. The maximum absolute atomic E-state index is 12.7. The minimum atomic E-state index is -1.06. The molecule has 1 aliphatic rings. The Hall–Kier alpha value is -3.41. The highest BCUT2D eigenvalue weighted by atomic mass is 16.5. The number of rotatable bonds is 5. The van der Waals surface area contributed by atoms with Crippen LogP contribution in [0.3, 0.4) is 0 Å². The van der Waals surface area contributed by atoms with Gasteiger partial charge in [0.1, 0.15) is 5.75 Å². The zero-order valence-corrected chi connectivity index (χ0v) is 13.5. The van der Waals surface area contributed by atoms with Crippen LogP contribution in [0.2, 0.25) is 0 Å². The second-order valence-corrected chi connectivity index (χ2v) is 5.42. The Morgan fingerprint density at radius 1 is 1.16 bits per heavy atom. The summed E-state index contributed by atoms with van der Waals surface area (Å²) >= 11 is 0. The Balaban J connectivity index is 1.91. The number of anilines is 1. The van der Waals surface area contributed by atoms with Crippen molar-refractivity contribution >= 4 is 29.4 Å². The molecule has 0 fully saturated rings. The second kappa shape index (κ2) is 7.00. The van der Waals surface area contributed by atoms with Crippen LogP contribution in [0, 0.1) is 0 Å². The van der Waals surface area contributed by atoms with Crippen molar-refractivity contribution in [3.63, 3.8) is 0 Å². The normalized spacial score (nSPS) is 15.4. The van der Waals surface area contributed by atoms with Crippen LogP contribution in [0.25, 0.3) is 6.08 Å². The highest BCUT2D eigenvalue weighted by Gasteiger charge is 2.28. The van der Waals surface area contributed by atoms with Gasteiger partial charge in [-0.05, 0) is 31.2 Å². The van der Waals surface area contributed by atoms with Gasteiger partial charge in [-0.3, -0.25) is 4.79 Å². The molecule has 1 heterocycles. The van der Waals surface area contributed by atoms with Crippen molar-refractivity contribution in [3.05, 3.63) is 65.7 Å². The van der Waals surface area contributed by atoms with E-state index >= 15 is 0 Å². The van der Waals surface area contributed by atoms with Crippen LogP contribution >= 0.6 is 0 Å². The van der Waals surface area contributed by atoms with Crippen molar-refractivity contribution in [3.8, 4) is 5.75 Å². The summed E-state index contributed by atoms with van der Waals surface area (Å²) in [6.07, 6.45) is 1.67. The summed E-state index contributed by atoms with van der Waals surface area (Å²) in [4.78, 5) is 23.4. The Bertz CT molecular complexity index is 872. The summed E-state index contributed by atoms with van der Waals surface area (Å²) in [5.74, 6) is -0.903. The second-order valence-electron chi connectivity index (χ2n) is 5.42. The van der Waals surface area contributed by atoms with Crippen molar-refractivity contribution in [1.29, 1.82) is 0 Å². The summed E-state index contributed by atoms with van der Waals surface area (Å²) in [6, 6.07) is 16.1. The minimum Gasteiger partial charge on any atom is -0.481 e. The van der Waals surface area contributed by atoms with Crippen molar-refractivity contribution in [2.24, 2.45) is 5.10 Å². The molecule has 2 aromatic carbocycles. The fourth-order valence-corrected chi connectivity index (χ4v) is 2.45. The molecule has 6 nitrogen and oxygen atoms in total. The number of ether oxygens (including phenoxy) is 1. The third kappa shape index (κ3) is 3.58. The van der Waals surface area contributed by atoms with Crippen LogP contribution < -0.4 is 9.75 Å². The maximum Gasteiger partial charge on any atom is 0.341 e. The Kier molecular flexibility index (Phi) is 4.61. The Labute approximate surface area is 144 Å². The van der Waals surface area contributed by atoms with Crippen molar-refractivity contribution < 1.29 is 19.4 Å². The van der Waals surface area contributed by atoms with E-state index in [2.05, 4.69) is 5.10 Å². The SMILES string of the molecule is CC1=NN(c2ccccc2)C(=O)C1=Cc1ccccc1OCC(=O)O. The topological polar surface area (TPSA) is 79.2 Å². The van der Waals surface area contributed by atoms with E-state index in [-0.39, 0.29) is 5.91 Å². The van der Waals surface area contributed by atoms with Gasteiger partial charge in [-0.25, -0.2) is 4.79 Å². The fraction of sp³-hybridized carbons (Fsp3) is 0.105. The molecule has 3 rings (SSSR count). The molecule has 25 heavy (non-hydrogen) atoms. The number of hydrogen-bond acceptors (Lipinski definition) is 4. The van der Waals surface area contributed by atoms with Crippen LogP contribution in [0.4, 0.5) is 5.69 Å². The van der Waals surface area contributed by atoms with Crippen molar-refractivity contribution in [1.82, 2.24) is 0 Å². The highest BCUT2D eigenvalue weighted by Crippen LogP contribution is 2.27. The number of carbonyl (C=O) groups excluding carboxylic acids is 1. The molecular formula is C19H16N2O4. The van der Waals surface area contributed by atoms with Gasteiger partial charge >= 0.3 is 5.97 Å².